The number of rotatable bonds is 49. The minimum absolute atomic E-state index is 0.0401. The molecule has 0 bridgehead atoms. The lowest BCUT2D eigenvalue weighted by Gasteiger charge is -2.23. The van der Waals surface area contributed by atoms with E-state index in [1.54, 1.807) is 0 Å². The number of nitrogens with one attached hydrogen (secondary N) is 1. The van der Waals surface area contributed by atoms with Gasteiger partial charge in [-0.3, -0.25) is 4.79 Å². The molecule has 0 fully saturated rings. The van der Waals surface area contributed by atoms with Crippen LogP contribution in [-0.4, -0.2) is 46.1 Å². The highest BCUT2D eigenvalue weighted by atomic mass is 16.3. The first-order valence-electron chi connectivity index (χ1n) is 26.5. The summed E-state index contributed by atoms with van der Waals surface area (Å²) < 4.78 is 0. The van der Waals surface area contributed by atoms with Crippen molar-refractivity contribution in [2.24, 2.45) is 0 Å². The Bertz CT molecular complexity index is 818. The van der Waals surface area contributed by atoms with E-state index in [1.807, 2.05) is 0 Å². The Morgan fingerprint density at radius 3 is 1.00 bits per heavy atom. The first-order valence-corrected chi connectivity index (χ1v) is 26.5. The van der Waals surface area contributed by atoms with Gasteiger partial charge in [-0.15, -0.1) is 0 Å². The summed E-state index contributed by atoms with van der Waals surface area (Å²) in [6, 6.07) is -0.655. The van der Waals surface area contributed by atoms with E-state index in [9.17, 15) is 20.1 Å². The van der Waals surface area contributed by atoms with Crippen LogP contribution in [0.3, 0.4) is 0 Å². The lowest BCUT2D eigenvalue weighted by Crippen LogP contribution is -2.46. The van der Waals surface area contributed by atoms with Gasteiger partial charge in [-0.1, -0.05) is 264 Å². The smallest absolute Gasteiger partial charge is 0.222 e. The van der Waals surface area contributed by atoms with Crippen molar-refractivity contribution < 1.29 is 20.1 Å². The minimum atomic E-state index is -0.746. The van der Waals surface area contributed by atoms with E-state index in [0.717, 1.165) is 25.7 Å². The second kappa shape index (κ2) is 48.8. The summed E-state index contributed by atoms with van der Waals surface area (Å²) in [6.45, 7) is 4.29. The van der Waals surface area contributed by atoms with Crippen LogP contribution in [0, 0.1) is 0 Å². The van der Waals surface area contributed by atoms with Gasteiger partial charge in [-0.05, 0) is 38.5 Å². The van der Waals surface area contributed by atoms with E-state index in [2.05, 4.69) is 31.3 Å². The van der Waals surface area contributed by atoms with Crippen molar-refractivity contribution in [3.8, 4) is 0 Å². The fraction of sp³-hybridized carbons (Fsp3) is 0.943. The third-order valence-corrected chi connectivity index (χ3v) is 12.6. The van der Waals surface area contributed by atoms with Crippen LogP contribution < -0.4 is 5.32 Å². The molecule has 3 unspecified atom stereocenters. The third kappa shape index (κ3) is 44.6. The number of aliphatic hydroxyl groups is 3. The summed E-state index contributed by atoms with van der Waals surface area (Å²) >= 11 is 0. The first-order chi connectivity index (χ1) is 28.5. The summed E-state index contributed by atoms with van der Waals surface area (Å²) in [5.74, 6) is -0.279. The number of allylic oxidation sites excluding steroid dienone is 2. The van der Waals surface area contributed by atoms with Crippen LogP contribution in [0.1, 0.15) is 296 Å². The van der Waals surface area contributed by atoms with Gasteiger partial charge >= 0.3 is 0 Å². The van der Waals surface area contributed by atoms with Gasteiger partial charge in [0.05, 0.1) is 31.3 Å². The number of hydrogen-bond acceptors (Lipinski definition) is 4. The van der Waals surface area contributed by atoms with Crippen molar-refractivity contribution in [3.63, 3.8) is 0 Å². The standard InChI is InChI=1S/C53H105NO4/c1-3-5-7-9-11-13-15-17-19-20-21-22-23-24-25-26-27-28-29-30-31-33-34-36-38-40-42-44-46-50(56)48-53(58)54-51(49-55)52(57)47-45-43-41-39-37-35-32-18-16-14-12-10-8-6-4-2/h24-25,50-52,55-57H,3-23,26-49H2,1-2H3,(H,54,58)/b25-24-. The van der Waals surface area contributed by atoms with Gasteiger partial charge in [0.15, 0.2) is 0 Å². The molecule has 5 nitrogen and oxygen atoms in total. The Hall–Kier alpha value is -0.910. The predicted molar refractivity (Wildman–Crippen MR) is 255 cm³/mol. The van der Waals surface area contributed by atoms with E-state index in [-0.39, 0.29) is 18.9 Å². The van der Waals surface area contributed by atoms with Gasteiger partial charge in [0.1, 0.15) is 0 Å². The van der Waals surface area contributed by atoms with Crippen LogP contribution in [-0.2, 0) is 4.79 Å². The Balaban J connectivity index is 3.50. The zero-order chi connectivity index (χ0) is 42.3. The average molecular weight is 820 g/mol. The number of carbonyl (C=O) groups excluding carboxylic acids is 1. The normalized spacial score (nSPS) is 13.4. The number of unbranched alkanes of at least 4 members (excludes halogenated alkanes) is 38. The Morgan fingerprint density at radius 2 is 0.690 bits per heavy atom. The van der Waals surface area contributed by atoms with E-state index in [4.69, 9.17) is 0 Å². The molecule has 0 saturated carbocycles. The molecule has 0 aliphatic rings. The molecule has 1 amide bonds. The fourth-order valence-corrected chi connectivity index (χ4v) is 8.52. The van der Waals surface area contributed by atoms with Gasteiger partial charge in [0.25, 0.3) is 0 Å². The van der Waals surface area contributed by atoms with Gasteiger partial charge in [0, 0.05) is 0 Å². The molecule has 0 aromatic heterocycles. The number of aliphatic hydroxyl groups excluding tert-OH is 3. The topological polar surface area (TPSA) is 89.8 Å². The maximum Gasteiger partial charge on any atom is 0.222 e. The second-order valence-corrected chi connectivity index (χ2v) is 18.5. The van der Waals surface area contributed by atoms with Crippen molar-refractivity contribution >= 4 is 5.91 Å². The van der Waals surface area contributed by atoms with Crippen molar-refractivity contribution in [1.29, 1.82) is 0 Å². The zero-order valence-electron chi connectivity index (χ0n) is 39.5. The van der Waals surface area contributed by atoms with E-state index in [0.29, 0.717) is 12.8 Å². The molecule has 3 atom stereocenters. The van der Waals surface area contributed by atoms with Crippen LogP contribution in [0.25, 0.3) is 0 Å². The van der Waals surface area contributed by atoms with Crippen LogP contribution in [0.15, 0.2) is 12.2 Å². The molecule has 5 heteroatoms. The molecular formula is C53H105NO4. The quantitative estimate of drug-likeness (QED) is 0.0364. The lowest BCUT2D eigenvalue weighted by atomic mass is 10.0. The Morgan fingerprint density at radius 1 is 0.414 bits per heavy atom. The SMILES string of the molecule is CCCCCCCCCCCCCC/C=C\CCCCCCCCCCCCCCC(O)CC(=O)NC(CO)C(O)CCCCCCCCCCCCCCCCC. The van der Waals surface area contributed by atoms with E-state index in [1.165, 1.54) is 238 Å². The molecule has 0 aliphatic carbocycles. The van der Waals surface area contributed by atoms with E-state index < -0.39 is 18.2 Å². The number of carbonyl (C=O) groups is 1. The lowest BCUT2D eigenvalue weighted by molar-refractivity contribution is -0.125. The molecule has 58 heavy (non-hydrogen) atoms. The average Bonchev–Trinajstić information content (AvgIpc) is 3.22. The Kier molecular flexibility index (Phi) is 48.0. The van der Waals surface area contributed by atoms with Gasteiger partial charge in [-0.25, -0.2) is 0 Å². The second-order valence-electron chi connectivity index (χ2n) is 18.5. The molecule has 0 aliphatic heterocycles. The highest BCUT2D eigenvalue weighted by Gasteiger charge is 2.21. The van der Waals surface area contributed by atoms with Crippen LogP contribution in [0.4, 0.5) is 0 Å². The summed E-state index contributed by atoms with van der Waals surface area (Å²) in [7, 11) is 0. The third-order valence-electron chi connectivity index (χ3n) is 12.6. The monoisotopic (exact) mass is 820 g/mol. The van der Waals surface area contributed by atoms with Crippen LogP contribution in [0.2, 0.25) is 0 Å². The minimum Gasteiger partial charge on any atom is -0.394 e. The van der Waals surface area contributed by atoms with Crippen molar-refractivity contribution in [1.82, 2.24) is 5.32 Å². The molecule has 0 spiro atoms. The first kappa shape index (κ1) is 57.1. The zero-order valence-corrected chi connectivity index (χ0v) is 39.5. The maximum atomic E-state index is 12.5. The van der Waals surface area contributed by atoms with Crippen molar-refractivity contribution in [2.75, 3.05) is 6.61 Å². The largest absolute Gasteiger partial charge is 0.394 e. The van der Waals surface area contributed by atoms with Crippen LogP contribution >= 0.6 is 0 Å². The number of amides is 1. The fourth-order valence-electron chi connectivity index (χ4n) is 8.52. The summed E-state index contributed by atoms with van der Waals surface area (Å²) in [4.78, 5) is 12.5. The summed E-state index contributed by atoms with van der Waals surface area (Å²) in [5, 5.41) is 33.5. The molecule has 4 N–H and O–H groups in total. The molecule has 0 heterocycles. The van der Waals surface area contributed by atoms with Crippen LogP contribution in [0.5, 0.6) is 0 Å². The van der Waals surface area contributed by atoms with Crippen molar-refractivity contribution in [3.05, 3.63) is 12.2 Å². The van der Waals surface area contributed by atoms with E-state index >= 15 is 0 Å². The molecule has 0 rings (SSSR count). The molecular weight excluding hydrogens is 715 g/mol. The number of hydrogen-bond donors (Lipinski definition) is 4. The molecule has 0 radical (unpaired) electrons. The summed E-state index contributed by atoms with van der Waals surface area (Å²) in [5.41, 5.74) is 0. The van der Waals surface area contributed by atoms with Crippen molar-refractivity contribution in [2.45, 2.75) is 315 Å². The Labute approximate surface area is 363 Å². The predicted octanol–water partition coefficient (Wildman–Crippen LogP) is 15.9. The highest BCUT2D eigenvalue weighted by molar-refractivity contribution is 5.76. The molecule has 0 saturated heterocycles. The van der Waals surface area contributed by atoms with Gasteiger partial charge < -0.3 is 20.6 Å². The maximum absolute atomic E-state index is 12.5. The molecule has 0 aromatic carbocycles. The molecule has 346 valence electrons. The van der Waals surface area contributed by atoms with Gasteiger partial charge in [0.2, 0.25) is 5.91 Å². The highest BCUT2D eigenvalue weighted by Crippen LogP contribution is 2.17. The molecule has 0 aromatic rings. The summed E-state index contributed by atoms with van der Waals surface area (Å²) in [6.07, 6.45) is 59.3. The van der Waals surface area contributed by atoms with Gasteiger partial charge in [-0.2, -0.15) is 0 Å².